The molecule has 4 bridgehead atoms. The molecular formula is C21H24N2O3S. The highest BCUT2D eigenvalue weighted by atomic mass is 32.1. The predicted molar refractivity (Wildman–Crippen MR) is 105 cm³/mol. The summed E-state index contributed by atoms with van der Waals surface area (Å²) in [5.74, 6) is 2.27. The van der Waals surface area contributed by atoms with Crippen LogP contribution < -0.4 is 5.32 Å². The van der Waals surface area contributed by atoms with Crippen LogP contribution in [0.25, 0.3) is 10.2 Å². The van der Waals surface area contributed by atoms with E-state index in [0.717, 1.165) is 28.0 Å². The molecule has 4 aliphatic carbocycles. The first-order chi connectivity index (χ1) is 13.0. The van der Waals surface area contributed by atoms with E-state index in [9.17, 15) is 9.59 Å². The van der Waals surface area contributed by atoms with E-state index in [0.29, 0.717) is 17.1 Å². The number of aromatic nitrogens is 1. The van der Waals surface area contributed by atoms with Crippen LogP contribution in [-0.4, -0.2) is 24.0 Å². The Hall–Kier alpha value is -1.95. The van der Waals surface area contributed by atoms with E-state index in [1.165, 1.54) is 57.0 Å². The summed E-state index contributed by atoms with van der Waals surface area (Å²) in [6.45, 7) is 0. The number of carbonyl (C=O) groups is 2. The minimum absolute atomic E-state index is 0.0872. The number of anilines is 1. The Morgan fingerprint density at radius 2 is 1.85 bits per heavy atom. The Labute approximate surface area is 162 Å². The summed E-state index contributed by atoms with van der Waals surface area (Å²) in [7, 11) is 1.37. The molecule has 27 heavy (non-hydrogen) atoms. The molecule has 2 aromatic rings. The fourth-order valence-electron chi connectivity index (χ4n) is 6.23. The molecule has 0 aliphatic heterocycles. The molecule has 4 saturated carbocycles. The van der Waals surface area contributed by atoms with Gasteiger partial charge < -0.3 is 10.1 Å². The first-order valence-corrected chi connectivity index (χ1v) is 10.6. The third-order valence-corrected chi connectivity index (χ3v) is 7.69. The standard InChI is InChI=1S/C21H24N2O3S/c1-26-19(25)15-2-3-16-17(7-15)27-20(22-16)23-18(24)11-21-8-12-4-13(9-21)6-14(5-12)10-21/h2-3,7,12-14H,4-6,8-11H2,1H3,(H,22,23,24). The van der Waals surface area contributed by atoms with E-state index in [4.69, 9.17) is 4.74 Å². The van der Waals surface area contributed by atoms with E-state index in [2.05, 4.69) is 10.3 Å². The number of ether oxygens (including phenoxy) is 1. The van der Waals surface area contributed by atoms with Crippen molar-refractivity contribution < 1.29 is 14.3 Å². The molecule has 1 N–H and O–H groups in total. The SMILES string of the molecule is COC(=O)c1ccc2nc(NC(=O)CC34CC5CC(CC(C5)C3)C4)sc2c1. The van der Waals surface area contributed by atoms with Gasteiger partial charge in [0.2, 0.25) is 5.91 Å². The molecule has 6 rings (SSSR count). The van der Waals surface area contributed by atoms with Crippen molar-refractivity contribution in [2.75, 3.05) is 12.4 Å². The molecule has 0 unspecified atom stereocenters. The van der Waals surface area contributed by atoms with E-state index >= 15 is 0 Å². The van der Waals surface area contributed by atoms with Gasteiger partial charge in [0.15, 0.2) is 5.13 Å². The lowest BCUT2D eigenvalue weighted by molar-refractivity contribution is -0.124. The Morgan fingerprint density at radius 3 is 2.48 bits per heavy atom. The van der Waals surface area contributed by atoms with Crippen molar-refractivity contribution >= 4 is 38.6 Å². The fourth-order valence-corrected chi connectivity index (χ4v) is 7.15. The number of esters is 1. The summed E-state index contributed by atoms with van der Waals surface area (Å²) in [6, 6.07) is 5.27. The highest BCUT2D eigenvalue weighted by molar-refractivity contribution is 7.22. The Kier molecular flexibility index (Phi) is 4.00. The lowest BCUT2D eigenvalue weighted by Gasteiger charge is -2.56. The summed E-state index contributed by atoms with van der Waals surface area (Å²) in [4.78, 5) is 29.0. The number of rotatable bonds is 4. The van der Waals surface area contributed by atoms with Crippen molar-refractivity contribution in [1.82, 2.24) is 4.98 Å². The van der Waals surface area contributed by atoms with Gasteiger partial charge in [-0.1, -0.05) is 11.3 Å². The number of carbonyl (C=O) groups excluding carboxylic acids is 2. The summed E-state index contributed by atoms with van der Waals surface area (Å²) in [6.07, 6.45) is 8.49. The largest absolute Gasteiger partial charge is 0.465 e. The predicted octanol–water partition coefficient (Wildman–Crippen LogP) is 4.63. The minimum atomic E-state index is -0.363. The van der Waals surface area contributed by atoms with E-state index < -0.39 is 0 Å². The van der Waals surface area contributed by atoms with Gasteiger partial charge in [-0.05, 0) is 79.9 Å². The molecule has 1 aromatic carbocycles. The number of hydrogen-bond donors (Lipinski definition) is 1. The molecule has 0 radical (unpaired) electrons. The number of hydrogen-bond acceptors (Lipinski definition) is 5. The summed E-state index contributed by atoms with van der Waals surface area (Å²) < 4.78 is 5.64. The molecule has 1 aromatic heterocycles. The highest BCUT2D eigenvalue weighted by Gasteiger charge is 2.51. The van der Waals surface area contributed by atoms with Gasteiger partial charge in [0.05, 0.1) is 22.9 Å². The summed E-state index contributed by atoms with van der Waals surface area (Å²) in [5.41, 5.74) is 1.52. The van der Waals surface area contributed by atoms with Crippen LogP contribution in [0.5, 0.6) is 0 Å². The van der Waals surface area contributed by atoms with Gasteiger partial charge in [-0.2, -0.15) is 0 Å². The molecule has 0 atom stereocenters. The van der Waals surface area contributed by atoms with Gasteiger partial charge >= 0.3 is 5.97 Å². The number of thiazole rings is 1. The van der Waals surface area contributed by atoms with Crippen molar-refractivity contribution in [3.63, 3.8) is 0 Å². The van der Waals surface area contributed by atoms with Crippen LogP contribution in [0.1, 0.15) is 55.3 Å². The first kappa shape index (κ1) is 17.2. The molecule has 6 heteroatoms. The van der Waals surface area contributed by atoms with E-state index in [1.54, 1.807) is 18.2 Å². The van der Waals surface area contributed by atoms with Gasteiger partial charge in [-0.15, -0.1) is 0 Å². The van der Waals surface area contributed by atoms with E-state index in [1.807, 2.05) is 0 Å². The van der Waals surface area contributed by atoms with Crippen molar-refractivity contribution in [2.24, 2.45) is 23.2 Å². The third kappa shape index (κ3) is 3.14. The maximum absolute atomic E-state index is 12.8. The first-order valence-electron chi connectivity index (χ1n) is 9.81. The van der Waals surface area contributed by atoms with Crippen molar-refractivity contribution in [1.29, 1.82) is 0 Å². The number of nitrogens with zero attached hydrogens (tertiary/aromatic N) is 1. The normalized spacial score (nSPS) is 31.2. The molecule has 0 saturated heterocycles. The number of benzene rings is 1. The summed E-state index contributed by atoms with van der Waals surface area (Å²) in [5, 5.41) is 3.63. The molecular weight excluding hydrogens is 360 g/mol. The fraction of sp³-hybridized carbons (Fsp3) is 0.571. The zero-order chi connectivity index (χ0) is 18.6. The lowest BCUT2D eigenvalue weighted by Crippen LogP contribution is -2.47. The second kappa shape index (κ2) is 6.30. The monoisotopic (exact) mass is 384 g/mol. The van der Waals surface area contributed by atoms with Crippen LogP contribution >= 0.6 is 11.3 Å². The second-order valence-electron chi connectivity index (χ2n) is 8.84. The van der Waals surface area contributed by atoms with Crippen LogP contribution in [-0.2, 0) is 9.53 Å². The average Bonchev–Trinajstić information content (AvgIpc) is 3.00. The lowest BCUT2D eigenvalue weighted by atomic mass is 9.49. The smallest absolute Gasteiger partial charge is 0.337 e. The maximum atomic E-state index is 12.8. The molecule has 4 aliphatic rings. The van der Waals surface area contributed by atoms with Crippen LogP contribution in [0.15, 0.2) is 18.2 Å². The number of methoxy groups -OCH3 is 1. The molecule has 142 valence electrons. The molecule has 0 spiro atoms. The average molecular weight is 385 g/mol. The van der Waals surface area contributed by atoms with Gasteiger partial charge in [-0.3, -0.25) is 4.79 Å². The topological polar surface area (TPSA) is 68.3 Å². The van der Waals surface area contributed by atoms with Crippen LogP contribution in [0.2, 0.25) is 0 Å². The van der Waals surface area contributed by atoms with Crippen molar-refractivity contribution in [2.45, 2.75) is 44.9 Å². The highest BCUT2D eigenvalue weighted by Crippen LogP contribution is 2.61. The number of nitrogens with one attached hydrogen (secondary N) is 1. The number of fused-ring (bicyclic) bond motifs is 1. The van der Waals surface area contributed by atoms with Crippen LogP contribution in [0.3, 0.4) is 0 Å². The van der Waals surface area contributed by atoms with Gasteiger partial charge in [-0.25, -0.2) is 9.78 Å². The Balaban J connectivity index is 1.30. The van der Waals surface area contributed by atoms with Crippen LogP contribution in [0, 0.1) is 23.2 Å². The molecule has 4 fully saturated rings. The second-order valence-corrected chi connectivity index (χ2v) is 9.87. The van der Waals surface area contributed by atoms with E-state index in [-0.39, 0.29) is 17.3 Å². The Morgan fingerprint density at radius 1 is 1.19 bits per heavy atom. The van der Waals surface area contributed by atoms with Crippen LogP contribution in [0.4, 0.5) is 5.13 Å². The Bertz CT molecular complexity index is 884. The van der Waals surface area contributed by atoms with Gasteiger partial charge in [0.1, 0.15) is 0 Å². The third-order valence-electron chi connectivity index (χ3n) is 6.76. The summed E-state index contributed by atoms with van der Waals surface area (Å²) >= 11 is 1.41. The van der Waals surface area contributed by atoms with Crippen molar-refractivity contribution in [3.8, 4) is 0 Å². The van der Waals surface area contributed by atoms with Crippen molar-refractivity contribution in [3.05, 3.63) is 23.8 Å². The van der Waals surface area contributed by atoms with Gasteiger partial charge in [0.25, 0.3) is 0 Å². The zero-order valence-electron chi connectivity index (χ0n) is 15.5. The molecule has 1 heterocycles. The maximum Gasteiger partial charge on any atom is 0.337 e. The zero-order valence-corrected chi connectivity index (χ0v) is 16.3. The van der Waals surface area contributed by atoms with Gasteiger partial charge in [0, 0.05) is 6.42 Å². The minimum Gasteiger partial charge on any atom is -0.465 e. The molecule has 5 nitrogen and oxygen atoms in total. The molecule has 1 amide bonds. The quantitative estimate of drug-likeness (QED) is 0.781. The number of amides is 1.